The number of carbonyl (C=O) groups excluding carboxylic acids is 1. The number of amides is 1. The number of carbonyl (C=O) groups is 1. The summed E-state index contributed by atoms with van der Waals surface area (Å²) in [5, 5.41) is 11.8. The van der Waals surface area contributed by atoms with E-state index in [4.69, 9.17) is 5.73 Å². The average molecular weight is 358 g/mol. The van der Waals surface area contributed by atoms with Gasteiger partial charge in [0.1, 0.15) is 6.04 Å². The molecule has 1 aliphatic rings. The number of nitrogens with zero attached hydrogens (tertiary/aromatic N) is 4. The number of hydrogen-bond acceptors (Lipinski definition) is 5. The lowest BCUT2D eigenvalue weighted by Crippen LogP contribution is -3.00. The van der Waals surface area contributed by atoms with Gasteiger partial charge in [-0.15, -0.1) is 5.10 Å². The molecule has 0 saturated carbocycles. The number of halogens is 1. The van der Waals surface area contributed by atoms with Crippen molar-refractivity contribution < 1.29 is 17.2 Å². The minimum Gasteiger partial charge on any atom is -1.00 e. The second kappa shape index (κ2) is 10.6. The fourth-order valence-corrected chi connectivity index (χ4v) is 2.93. The van der Waals surface area contributed by atoms with Gasteiger partial charge >= 0.3 is 0 Å². The number of hydrogen-bond donors (Lipinski definition) is 2. The van der Waals surface area contributed by atoms with Gasteiger partial charge in [-0.2, -0.15) is 0 Å². The molecule has 2 rings (SSSR count). The molecule has 1 saturated heterocycles. The van der Waals surface area contributed by atoms with Crippen LogP contribution in [0.2, 0.25) is 0 Å². The third kappa shape index (κ3) is 5.43. The number of nitrogens with two attached hydrogens (primary N) is 1. The molecule has 0 spiro atoms. The predicted molar refractivity (Wildman–Crippen MR) is 90.0 cm³/mol. The molecule has 1 aliphatic heterocycles. The Morgan fingerprint density at radius 1 is 1.38 bits per heavy atom. The summed E-state index contributed by atoms with van der Waals surface area (Å²) in [5.74, 6) is 0.398. The van der Waals surface area contributed by atoms with Crippen LogP contribution < -0.4 is 23.5 Å². The van der Waals surface area contributed by atoms with E-state index < -0.39 is 0 Å². The van der Waals surface area contributed by atoms with Crippen LogP contribution in [0, 0.1) is 5.92 Å². The van der Waals surface area contributed by atoms with E-state index in [9.17, 15) is 4.79 Å². The van der Waals surface area contributed by atoms with E-state index in [0.717, 1.165) is 57.6 Å². The maximum atomic E-state index is 13.0. The molecule has 3 N–H and O–H groups in total. The van der Waals surface area contributed by atoms with E-state index in [1.807, 2.05) is 11.1 Å². The molecule has 2 heterocycles. The predicted octanol–water partition coefficient (Wildman–Crippen LogP) is -2.42. The zero-order valence-corrected chi connectivity index (χ0v) is 15.5. The summed E-state index contributed by atoms with van der Waals surface area (Å²) in [6, 6.07) is -0.256. The molecule has 138 valence electrons. The van der Waals surface area contributed by atoms with Crippen LogP contribution >= 0.6 is 0 Å². The minimum atomic E-state index is -0.256. The van der Waals surface area contributed by atoms with Gasteiger partial charge in [0.25, 0.3) is 0 Å². The van der Waals surface area contributed by atoms with Crippen LogP contribution in [0.3, 0.4) is 0 Å². The molecule has 1 amide bonds. The number of aromatic nitrogens is 3. The number of nitrogens with one attached hydrogen (secondary N) is 1. The molecule has 0 bridgehead atoms. The molecule has 0 aliphatic carbocycles. The molecule has 7 nitrogen and oxygen atoms in total. The molecule has 2 atom stereocenters. The second-order valence-electron chi connectivity index (χ2n) is 6.34. The zero-order chi connectivity index (χ0) is 16.7. The van der Waals surface area contributed by atoms with E-state index >= 15 is 0 Å². The van der Waals surface area contributed by atoms with Crippen LogP contribution in [0.5, 0.6) is 0 Å². The Labute approximate surface area is 150 Å². The summed E-state index contributed by atoms with van der Waals surface area (Å²) in [4.78, 5) is 14.9. The van der Waals surface area contributed by atoms with Crippen LogP contribution in [0.4, 0.5) is 0 Å². The number of piperazine rings is 1. The van der Waals surface area contributed by atoms with Crippen molar-refractivity contribution in [3.63, 3.8) is 0 Å². The molecule has 24 heavy (non-hydrogen) atoms. The van der Waals surface area contributed by atoms with Crippen molar-refractivity contribution >= 4 is 5.91 Å². The number of unbranched alkanes of at least 4 members (excludes halogenated alkanes) is 1. The highest BCUT2D eigenvalue weighted by atomic mass is 35.5. The summed E-state index contributed by atoms with van der Waals surface area (Å²) in [6.07, 6.45) is 5.74. The van der Waals surface area contributed by atoms with Crippen molar-refractivity contribution in [1.82, 2.24) is 25.2 Å². The maximum Gasteiger partial charge on any atom is 0.247 e. The lowest BCUT2D eigenvalue weighted by molar-refractivity contribution is -0.137. The first-order valence-electron chi connectivity index (χ1n) is 8.77. The normalized spacial score (nSPS) is 17.2. The van der Waals surface area contributed by atoms with Gasteiger partial charge in [0.05, 0.1) is 5.69 Å². The van der Waals surface area contributed by atoms with Crippen LogP contribution in [0.1, 0.15) is 44.8 Å². The van der Waals surface area contributed by atoms with Crippen molar-refractivity contribution in [3.8, 4) is 0 Å². The molecular formula is C16H30ClN6O-. The first-order valence-corrected chi connectivity index (χ1v) is 8.77. The highest BCUT2D eigenvalue weighted by Gasteiger charge is 2.31. The van der Waals surface area contributed by atoms with Gasteiger partial charge < -0.3 is 28.4 Å². The topological polar surface area (TPSA) is 89.1 Å². The third-order valence-electron chi connectivity index (χ3n) is 4.59. The van der Waals surface area contributed by atoms with Gasteiger partial charge in [-0.25, -0.2) is 4.68 Å². The minimum absolute atomic E-state index is 0. The Hall–Kier alpha value is -1.18. The molecule has 1 aromatic heterocycles. The van der Waals surface area contributed by atoms with E-state index in [-0.39, 0.29) is 30.3 Å². The standard InChI is InChI=1S/C16H30N6O.ClH/c1-3-13(2)15(16(23)21-10-8-18-9-11-21)22-12-14(19-20-22)6-4-5-7-17;/h12-13,15,18H,3-11,17H2,1-2H3;1H/p-1/t13?,15-;/m0./s1. The van der Waals surface area contributed by atoms with Gasteiger partial charge in [-0.05, 0) is 31.7 Å². The largest absolute Gasteiger partial charge is 1.00 e. The summed E-state index contributed by atoms with van der Waals surface area (Å²) in [5.41, 5.74) is 6.47. The van der Waals surface area contributed by atoms with Crippen LogP contribution in [0.25, 0.3) is 0 Å². The summed E-state index contributed by atoms with van der Waals surface area (Å²) < 4.78 is 1.77. The number of aryl methyl sites for hydroxylation is 1. The van der Waals surface area contributed by atoms with Crippen molar-refractivity contribution in [2.45, 2.75) is 45.6 Å². The Kier molecular flexibility index (Phi) is 9.25. The van der Waals surface area contributed by atoms with Gasteiger partial charge in [-0.3, -0.25) is 4.79 Å². The molecular weight excluding hydrogens is 328 g/mol. The van der Waals surface area contributed by atoms with E-state index in [0.29, 0.717) is 6.54 Å². The van der Waals surface area contributed by atoms with Crippen molar-refractivity contribution in [3.05, 3.63) is 11.9 Å². The molecule has 0 radical (unpaired) electrons. The summed E-state index contributed by atoms with van der Waals surface area (Å²) in [6.45, 7) is 8.18. The quantitative estimate of drug-likeness (QED) is 0.506. The monoisotopic (exact) mass is 357 g/mol. The SMILES string of the molecule is CCC(C)[C@@H](C(=O)N1CCNCC1)n1cc(CCCCN)nn1.[Cl-]. The van der Waals surface area contributed by atoms with E-state index in [2.05, 4.69) is 29.5 Å². The molecule has 1 unspecified atom stereocenters. The Morgan fingerprint density at radius 2 is 2.08 bits per heavy atom. The Bertz CT molecular complexity index is 489. The Morgan fingerprint density at radius 3 is 2.71 bits per heavy atom. The average Bonchev–Trinajstić information content (AvgIpc) is 3.04. The second-order valence-corrected chi connectivity index (χ2v) is 6.34. The van der Waals surface area contributed by atoms with E-state index in [1.165, 1.54) is 0 Å². The summed E-state index contributed by atoms with van der Waals surface area (Å²) >= 11 is 0. The van der Waals surface area contributed by atoms with Crippen molar-refractivity contribution in [2.24, 2.45) is 11.7 Å². The third-order valence-corrected chi connectivity index (χ3v) is 4.59. The van der Waals surface area contributed by atoms with Crippen molar-refractivity contribution in [2.75, 3.05) is 32.7 Å². The summed E-state index contributed by atoms with van der Waals surface area (Å²) in [7, 11) is 0. The Balaban J connectivity index is 0.00000288. The van der Waals surface area contributed by atoms with Crippen LogP contribution in [0.15, 0.2) is 6.20 Å². The van der Waals surface area contributed by atoms with E-state index in [1.54, 1.807) is 4.68 Å². The van der Waals surface area contributed by atoms with Gasteiger partial charge in [0, 0.05) is 32.4 Å². The highest BCUT2D eigenvalue weighted by Crippen LogP contribution is 2.23. The number of rotatable bonds is 8. The van der Waals surface area contributed by atoms with Crippen LogP contribution in [-0.4, -0.2) is 58.5 Å². The first-order chi connectivity index (χ1) is 11.2. The fourth-order valence-electron chi connectivity index (χ4n) is 2.93. The van der Waals surface area contributed by atoms with Gasteiger partial charge in [-0.1, -0.05) is 25.5 Å². The van der Waals surface area contributed by atoms with Crippen LogP contribution in [-0.2, 0) is 11.2 Å². The molecule has 8 heteroatoms. The fraction of sp³-hybridized carbons (Fsp3) is 0.812. The lowest BCUT2D eigenvalue weighted by atomic mass is 9.97. The zero-order valence-electron chi connectivity index (χ0n) is 14.7. The molecule has 1 aromatic rings. The smallest absolute Gasteiger partial charge is 0.247 e. The highest BCUT2D eigenvalue weighted by molar-refractivity contribution is 5.80. The van der Waals surface area contributed by atoms with Gasteiger partial charge in [0.2, 0.25) is 5.91 Å². The van der Waals surface area contributed by atoms with Crippen molar-refractivity contribution in [1.29, 1.82) is 0 Å². The first kappa shape index (κ1) is 20.9. The van der Waals surface area contributed by atoms with Gasteiger partial charge in [0.15, 0.2) is 0 Å². The lowest BCUT2D eigenvalue weighted by Gasteiger charge is -2.32. The molecule has 1 fully saturated rings. The maximum absolute atomic E-state index is 13.0. The molecule has 0 aromatic carbocycles.